The van der Waals surface area contributed by atoms with Gasteiger partial charge in [0.15, 0.2) is 0 Å². The average Bonchev–Trinajstić information content (AvgIpc) is 2.95. The van der Waals surface area contributed by atoms with Crippen molar-refractivity contribution in [3.63, 3.8) is 0 Å². The minimum absolute atomic E-state index is 0.196. The number of nitrogens with one attached hydrogen (secondary N) is 1. The van der Waals surface area contributed by atoms with Crippen LogP contribution in [0.4, 0.5) is 10.5 Å². The van der Waals surface area contributed by atoms with Gasteiger partial charge >= 0.3 is 6.03 Å². The number of imide groups is 2. The first kappa shape index (κ1) is 27.4. The fraction of sp³-hybridized carbons (Fsp3) is 0.0645. The van der Waals surface area contributed by atoms with Crippen molar-refractivity contribution in [2.24, 2.45) is 0 Å². The normalized spacial score (nSPS) is 14.3. The van der Waals surface area contributed by atoms with Gasteiger partial charge in [-0.2, -0.15) is 0 Å². The molecule has 0 saturated carbocycles. The Labute approximate surface area is 247 Å². The van der Waals surface area contributed by atoms with Gasteiger partial charge in [0.1, 0.15) is 30.3 Å². The minimum Gasteiger partial charge on any atom is -0.489 e. The third-order valence-corrected chi connectivity index (χ3v) is 7.05. The number of carbonyl (C=O) groups is 3. The number of halogens is 2. The van der Waals surface area contributed by atoms with E-state index in [1.165, 1.54) is 6.08 Å². The maximum absolute atomic E-state index is 13.4. The van der Waals surface area contributed by atoms with E-state index in [2.05, 4.69) is 37.2 Å². The van der Waals surface area contributed by atoms with Gasteiger partial charge in [-0.05, 0) is 71.8 Å². The monoisotopic (exact) mass is 660 g/mol. The summed E-state index contributed by atoms with van der Waals surface area (Å²) in [5.41, 5.74) is 2.57. The van der Waals surface area contributed by atoms with Crippen LogP contribution in [-0.2, 0) is 22.8 Å². The summed E-state index contributed by atoms with van der Waals surface area (Å²) in [4.78, 5) is 39.8. The highest BCUT2D eigenvalue weighted by atomic mass is 79.9. The molecule has 0 radical (unpaired) electrons. The molecule has 0 unspecified atom stereocenters. The topological polar surface area (TPSA) is 84.9 Å². The Morgan fingerprint density at radius 3 is 2.10 bits per heavy atom. The predicted molar refractivity (Wildman–Crippen MR) is 159 cm³/mol. The molecule has 4 aromatic rings. The van der Waals surface area contributed by atoms with E-state index in [1.54, 1.807) is 42.5 Å². The molecule has 9 heteroatoms. The van der Waals surface area contributed by atoms with E-state index in [0.717, 1.165) is 25.0 Å². The van der Waals surface area contributed by atoms with Crippen molar-refractivity contribution in [2.45, 2.75) is 13.2 Å². The second-order valence-corrected chi connectivity index (χ2v) is 10.7. The van der Waals surface area contributed by atoms with Gasteiger partial charge in [-0.15, -0.1) is 0 Å². The number of urea groups is 1. The van der Waals surface area contributed by atoms with Gasteiger partial charge in [0.25, 0.3) is 11.8 Å². The number of nitrogens with zero attached hydrogens (tertiary/aromatic N) is 1. The molecule has 1 N–H and O–H groups in total. The highest BCUT2D eigenvalue weighted by Gasteiger charge is 2.37. The Morgan fingerprint density at radius 2 is 1.38 bits per heavy atom. The molecule has 1 fully saturated rings. The lowest BCUT2D eigenvalue weighted by Gasteiger charge is -2.26. The molecular weight excluding hydrogens is 640 g/mol. The van der Waals surface area contributed by atoms with Crippen LogP contribution >= 0.6 is 31.9 Å². The van der Waals surface area contributed by atoms with E-state index >= 15 is 0 Å². The molecule has 4 aromatic carbocycles. The maximum atomic E-state index is 13.4. The summed E-state index contributed by atoms with van der Waals surface area (Å²) in [6.07, 6.45) is 1.43. The highest BCUT2D eigenvalue weighted by molar-refractivity contribution is 9.10. The van der Waals surface area contributed by atoms with Gasteiger partial charge in [0.05, 0.1) is 5.69 Å². The average molecular weight is 662 g/mol. The Balaban J connectivity index is 1.35. The van der Waals surface area contributed by atoms with Crippen molar-refractivity contribution >= 4 is 61.5 Å². The first-order chi connectivity index (χ1) is 19.4. The molecule has 1 heterocycles. The zero-order valence-corrected chi connectivity index (χ0v) is 24.1. The molecule has 7 nitrogen and oxygen atoms in total. The summed E-state index contributed by atoms with van der Waals surface area (Å²) in [6.45, 7) is 0.665. The van der Waals surface area contributed by atoms with E-state index in [1.807, 2.05) is 54.6 Å². The lowest BCUT2D eigenvalue weighted by molar-refractivity contribution is -0.122. The molecule has 0 spiro atoms. The summed E-state index contributed by atoms with van der Waals surface area (Å²) >= 11 is 6.84. The van der Waals surface area contributed by atoms with Crippen LogP contribution in [0.25, 0.3) is 6.08 Å². The van der Waals surface area contributed by atoms with E-state index in [-0.39, 0.29) is 5.57 Å². The van der Waals surface area contributed by atoms with Crippen LogP contribution in [-0.4, -0.2) is 17.8 Å². The van der Waals surface area contributed by atoms with Gasteiger partial charge in [-0.3, -0.25) is 14.9 Å². The zero-order valence-electron chi connectivity index (χ0n) is 21.0. The summed E-state index contributed by atoms with van der Waals surface area (Å²) in [5, 5.41) is 2.26. The summed E-state index contributed by atoms with van der Waals surface area (Å²) in [5.74, 6) is -0.477. The lowest BCUT2D eigenvalue weighted by atomic mass is 10.1. The Morgan fingerprint density at radius 1 is 0.725 bits per heavy atom. The van der Waals surface area contributed by atoms with Gasteiger partial charge in [-0.1, -0.05) is 74.3 Å². The summed E-state index contributed by atoms with van der Waals surface area (Å²) in [6, 6.07) is 28.4. The number of anilines is 1. The first-order valence-electron chi connectivity index (χ1n) is 12.2. The molecule has 1 aliphatic heterocycles. The first-order valence-corrected chi connectivity index (χ1v) is 13.8. The lowest BCUT2D eigenvalue weighted by Crippen LogP contribution is -2.54. The maximum Gasteiger partial charge on any atom is 0.335 e. The van der Waals surface area contributed by atoms with Crippen molar-refractivity contribution in [2.75, 3.05) is 4.90 Å². The molecule has 200 valence electrons. The molecule has 1 aliphatic rings. The molecule has 5 rings (SSSR count). The Bertz CT molecular complexity index is 1590. The van der Waals surface area contributed by atoms with Crippen LogP contribution in [0.15, 0.2) is 112 Å². The SMILES string of the molecule is O=C1NC(=O)N(c2ccc(OCc3ccc(Br)cc3)cc2)C(=O)/C1=C/c1cc(Br)ccc1OCc1ccccc1. The Hall–Kier alpha value is -4.21. The molecule has 0 bridgehead atoms. The van der Waals surface area contributed by atoms with E-state index in [0.29, 0.717) is 36.0 Å². The van der Waals surface area contributed by atoms with Gasteiger partial charge in [0, 0.05) is 14.5 Å². The summed E-state index contributed by atoms with van der Waals surface area (Å²) in [7, 11) is 0. The third-order valence-electron chi connectivity index (χ3n) is 6.02. The molecule has 40 heavy (non-hydrogen) atoms. The van der Waals surface area contributed by atoms with Crippen molar-refractivity contribution in [1.82, 2.24) is 5.32 Å². The largest absolute Gasteiger partial charge is 0.489 e. The fourth-order valence-corrected chi connectivity index (χ4v) is 4.63. The number of benzene rings is 4. The molecule has 0 aliphatic carbocycles. The molecular formula is C31H22Br2N2O5. The molecule has 0 atom stereocenters. The number of hydrogen-bond donors (Lipinski definition) is 1. The van der Waals surface area contributed by atoms with Gasteiger partial charge in [0.2, 0.25) is 0 Å². The quantitative estimate of drug-likeness (QED) is 0.162. The second-order valence-electron chi connectivity index (χ2n) is 8.82. The molecule has 0 aromatic heterocycles. The van der Waals surface area contributed by atoms with Crippen LogP contribution in [0, 0.1) is 0 Å². The van der Waals surface area contributed by atoms with Crippen molar-refractivity contribution in [3.05, 3.63) is 128 Å². The number of hydrogen-bond acceptors (Lipinski definition) is 5. The van der Waals surface area contributed by atoms with Crippen LogP contribution in [0.5, 0.6) is 11.5 Å². The number of carbonyl (C=O) groups excluding carboxylic acids is 3. The van der Waals surface area contributed by atoms with Gasteiger partial charge in [-0.25, -0.2) is 9.69 Å². The minimum atomic E-state index is -0.828. The van der Waals surface area contributed by atoms with E-state index in [9.17, 15) is 14.4 Å². The molecule has 1 saturated heterocycles. The smallest absolute Gasteiger partial charge is 0.335 e. The zero-order chi connectivity index (χ0) is 28.1. The summed E-state index contributed by atoms with van der Waals surface area (Å²) < 4.78 is 13.5. The number of amides is 4. The fourth-order valence-electron chi connectivity index (χ4n) is 3.99. The van der Waals surface area contributed by atoms with Crippen LogP contribution in [0.3, 0.4) is 0 Å². The number of ether oxygens (including phenoxy) is 2. The predicted octanol–water partition coefficient (Wildman–Crippen LogP) is 7.04. The van der Waals surface area contributed by atoms with E-state index < -0.39 is 17.8 Å². The number of rotatable bonds is 8. The van der Waals surface area contributed by atoms with Gasteiger partial charge < -0.3 is 9.47 Å². The second kappa shape index (κ2) is 12.3. The molecule has 4 amide bonds. The van der Waals surface area contributed by atoms with E-state index in [4.69, 9.17) is 9.47 Å². The highest BCUT2D eigenvalue weighted by Crippen LogP contribution is 2.29. The van der Waals surface area contributed by atoms with Crippen molar-refractivity contribution in [1.29, 1.82) is 0 Å². The Kier molecular flexibility index (Phi) is 8.42. The van der Waals surface area contributed by atoms with Crippen LogP contribution in [0.1, 0.15) is 16.7 Å². The van der Waals surface area contributed by atoms with Crippen LogP contribution in [0.2, 0.25) is 0 Å². The van der Waals surface area contributed by atoms with Crippen molar-refractivity contribution < 1.29 is 23.9 Å². The van der Waals surface area contributed by atoms with Crippen molar-refractivity contribution in [3.8, 4) is 11.5 Å². The number of barbiturate groups is 1. The van der Waals surface area contributed by atoms with Crippen LogP contribution < -0.4 is 19.7 Å². The standard InChI is InChI=1S/C31H22Br2N2O5/c32-23-8-6-21(7-9-23)18-39-26-13-11-25(12-14-26)35-30(37)27(29(36)34-31(35)38)17-22-16-24(33)10-15-28(22)40-19-20-4-2-1-3-5-20/h1-17H,18-19H2,(H,34,36,38)/b27-17+. The third kappa shape index (κ3) is 6.50.